The van der Waals surface area contributed by atoms with E-state index in [2.05, 4.69) is 10.6 Å². The minimum absolute atomic E-state index is 0.0531. The van der Waals surface area contributed by atoms with E-state index >= 15 is 0 Å². The Labute approximate surface area is 143 Å². The van der Waals surface area contributed by atoms with E-state index in [9.17, 15) is 14.4 Å². The summed E-state index contributed by atoms with van der Waals surface area (Å²) < 4.78 is 5.05. The van der Waals surface area contributed by atoms with Gasteiger partial charge in [0.25, 0.3) is 0 Å². The van der Waals surface area contributed by atoms with Gasteiger partial charge >= 0.3 is 5.97 Å². The molecule has 132 valence electrons. The van der Waals surface area contributed by atoms with Crippen molar-refractivity contribution in [3.63, 3.8) is 0 Å². The quantitative estimate of drug-likeness (QED) is 0.586. The summed E-state index contributed by atoms with van der Waals surface area (Å²) in [5.41, 5.74) is 0.487. The van der Waals surface area contributed by atoms with Crippen LogP contribution < -0.4 is 10.6 Å². The third-order valence-corrected chi connectivity index (χ3v) is 2.96. The molecule has 0 bridgehead atoms. The molecule has 0 aliphatic heterocycles. The van der Waals surface area contributed by atoms with Crippen LogP contribution in [-0.2, 0) is 25.5 Å². The van der Waals surface area contributed by atoms with Crippen LogP contribution in [0.2, 0.25) is 0 Å². The van der Waals surface area contributed by atoms with Gasteiger partial charge in [0.15, 0.2) is 0 Å². The maximum atomic E-state index is 11.8. The summed E-state index contributed by atoms with van der Waals surface area (Å²) >= 11 is 0. The molecule has 0 aromatic heterocycles. The predicted octanol–water partition coefficient (Wildman–Crippen LogP) is 1.58. The first-order chi connectivity index (χ1) is 11.2. The van der Waals surface area contributed by atoms with Gasteiger partial charge in [-0.25, -0.2) is 0 Å². The van der Waals surface area contributed by atoms with E-state index in [1.165, 1.54) is 0 Å². The SMILES string of the molecule is C[C@@H](Cc1ccccc1)NC(=O)CNC(=O)CC(=O)OC(C)(C)C. The number of rotatable bonds is 7. The standard InChI is InChI=1S/C18H26N2O4/c1-13(10-14-8-6-5-7-9-14)20-16(22)12-19-15(21)11-17(23)24-18(2,3)4/h5-9,13H,10-12H2,1-4H3,(H,19,21)(H,20,22)/t13-/m0/s1. The Balaban J connectivity index is 2.27. The van der Waals surface area contributed by atoms with Crippen LogP contribution in [0.4, 0.5) is 0 Å². The summed E-state index contributed by atoms with van der Waals surface area (Å²) in [7, 11) is 0. The molecule has 6 heteroatoms. The number of carbonyl (C=O) groups is 3. The van der Waals surface area contributed by atoms with Gasteiger partial charge in [0.2, 0.25) is 11.8 Å². The summed E-state index contributed by atoms with van der Waals surface area (Å²) in [5.74, 6) is -1.44. The van der Waals surface area contributed by atoms with E-state index in [0.29, 0.717) is 6.42 Å². The summed E-state index contributed by atoms with van der Waals surface area (Å²) in [6.45, 7) is 6.91. The molecule has 0 saturated heterocycles. The third kappa shape index (κ3) is 8.92. The number of esters is 1. The molecular weight excluding hydrogens is 308 g/mol. The van der Waals surface area contributed by atoms with E-state index in [-0.39, 0.29) is 18.5 Å². The van der Waals surface area contributed by atoms with Crippen molar-refractivity contribution in [2.75, 3.05) is 6.54 Å². The molecular formula is C18H26N2O4. The normalized spacial score (nSPS) is 12.2. The number of carbonyl (C=O) groups excluding carboxylic acids is 3. The second-order valence-corrected chi connectivity index (χ2v) is 6.70. The van der Waals surface area contributed by atoms with Crippen LogP contribution in [-0.4, -0.2) is 36.0 Å². The van der Waals surface area contributed by atoms with Crippen molar-refractivity contribution in [3.05, 3.63) is 35.9 Å². The maximum absolute atomic E-state index is 11.8. The number of ether oxygens (including phenoxy) is 1. The second-order valence-electron chi connectivity index (χ2n) is 6.70. The lowest BCUT2D eigenvalue weighted by Crippen LogP contribution is -2.42. The van der Waals surface area contributed by atoms with Crippen molar-refractivity contribution in [1.29, 1.82) is 0 Å². The number of nitrogens with one attached hydrogen (secondary N) is 2. The molecule has 0 aliphatic rings. The minimum atomic E-state index is -0.637. The Morgan fingerprint density at radius 1 is 1.08 bits per heavy atom. The molecule has 2 amide bonds. The second kappa shape index (κ2) is 9.05. The lowest BCUT2D eigenvalue weighted by molar-refractivity contribution is -0.156. The highest BCUT2D eigenvalue weighted by molar-refractivity contribution is 5.96. The van der Waals surface area contributed by atoms with Gasteiger partial charge in [0, 0.05) is 6.04 Å². The van der Waals surface area contributed by atoms with E-state index in [0.717, 1.165) is 5.56 Å². The summed E-state index contributed by atoms with van der Waals surface area (Å²) in [6, 6.07) is 9.76. The molecule has 1 aromatic carbocycles. The number of hydrogen-bond acceptors (Lipinski definition) is 4. The zero-order chi connectivity index (χ0) is 18.2. The van der Waals surface area contributed by atoms with Gasteiger partial charge in [-0.05, 0) is 39.7 Å². The zero-order valence-electron chi connectivity index (χ0n) is 14.7. The van der Waals surface area contributed by atoms with Crippen molar-refractivity contribution < 1.29 is 19.1 Å². The van der Waals surface area contributed by atoms with Gasteiger partial charge in [-0.2, -0.15) is 0 Å². The Hall–Kier alpha value is -2.37. The van der Waals surface area contributed by atoms with Crippen LogP contribution in [0.3, 0.4) is 0 Å². The van der Waals surface area contributed by atoms with Crippen LogP contribution >= 0.6 is 0 Å². The molecule has 0 aliphatic carbocycles. The minimum Gasteiger partial charge on any atom is -0.460 e. The number of hydrogen-bond donors (Lipinski definition) is 2. The molecule has 1 atom stereocenters. The van der Waals surface area contributed by atoms with Gasteiger partial charge < -0.3 is 15.4 Å². The molecule has 0 fully saturated rings. The predicted molar refractivity (Wildman–Crippen MR) is 91.2 cm³/mol. The smallest absolute Gasteiger partial charge is 0.315 e. The Bertz CT molecular complexity index is 564. The van der Waals surface area contributed by atoms with Crippen molar-refractivity contribution in [3.8, 4) is 0 Å². The molecule has 0 heterocycles. The molecule has 0 unspecified atom stereocenters. The first kappa shape index (κ1) is 19.7. The maximum Gasteiger partial charge on any atom is 0.315 e. The Morgan fingerprint density at radius 3 is 2.29 bits per heavy atom. The summed E-state index contributed by atoms with van der Waals surface area (Å²) in [5, 5.41) is 5.22. The van der Waals surface area contributed by atoms with Crippen molar-refractivity contribution in [2.24, 2.45) is 0 Å². The molecule has 0 radical (unpaired) electrons. The fraction of sp³-hybridized carbons (Fsp3) is 0.500. The lowest BCUT2D eigenvalue weighted by atomic mass is 10.1. The number of amides is 2. The van der Waals surface area contributed by atoms with Crippen LogP contribution in [0.25, 0.3) is 0 Å². The van der Waals surface area contributed by atoms with Crippen LogP contribution in [0.1, 0.15) is 39.7 Å². The zero-order valence-corrected chi connectivity index (χ0v) is 14.7. The van der Waals surface area contributed by atoms with Gasteiger partial charge in [0.05, 0.1) is 6.54 Å². The molecule has 1 aromatic rings. The highest BCUT2D eigenvalue weighted by Gasteiger charge is 2.19. The highest BCUT2D eigenvalue weighted by atomic mass is 16.6. The molecule has 0 saturated carbocycles. The fourth-order valence-corrected chi connectivity index (χ4v) is 2.09. The topological polar surface area (TPSA) is 84.5 Å². The van der Waals surface area contributed by atoms with Gasteiger partial charge in [-0.3, -0.25) is 14.4 Å². The van der Waals surface area contributed by atoms with Crippen LogP contribution in [0.15, 0.2) is 30.3 Å². The number of benzene rings is 1. The van der Waals surface area contributed by atoms with E-state index in [1.807, 2.05) is 37.3 Å². The van der Waals surface area contributed by atoms with Crippen LogP contribution in [0.5, 0.6) is 0 Å². The van der Waals surface area contributed by atoms with Crippen LogP contribution in [0, 0.1) is 0 Å². The van der Waals surface area contributed by atoms with Gasteiger partial charge in [0.1, 0.15) is 12.0 Å². The monoisotopic (exact) mass is 334 g/mol. The van der Waals surface area contributed by atoms with Crippen molar-refractivity contribution in [2.45, 2.75) is 52.2 Å². The molecule has 1 rings (SSSR count). The van der Waals surface area contributed by atoms with E-state index < -0.39 is 23.9 Å². The fourth-order valence-electron chi connectivity index (χ4n) is 2.09. The Kier molecular flexibility index (Phi) is 7.42. The molecule has 0 spiro atoms. The first-order valence-electron chi connectivity index (χ1n) is 7.97. The third-order valence-electron chi connectivity index (χ3n) is 2.96. The highest BCUT2D eigenvalue weighted by Crippen LogP contribution is 2.08. The van der Waals surface area contributed by atoms with Gasteiger partial charge in [-0.1, -0.05) is 30.3 Å². The summed E-state index contributed by atoms with van der Waals surface area (Å²) in [4.78, 5) is 35.0. The lowest BCUT2D eigenvalue weighted by Gasteiger charge is -2.19. The molecule has 2 N–H and O–H groups in total. The van der Waals surface area contributed by atoms with Gasteiger partial charge in [-0.15, -0.1) is 0 Å². The Morgan fingerprint density at radius 2 is 1.71 bits per heavy atom. The molecule has 6 nitrogen and oxygen atoms in total. The largest absolute Gasteiger partial charge is 0.460 e. The summed E-state index contributed by atoms with van der Waals surface area (Å²) in [6.07, 6.45) is 0.308. The van der Waals surface area contributed by atoms with E-state index in [1.54, 1.807) is 20.8 Å². The first-order valence-corrected chi connectivity index (χ1v) is 7.97. The van der Waals surface area contributed by atoms with Crippen molar-refractivity contribution >= 4 is 17.8 Å². The van der Waals surface area contributed by atoms with Crippen molar-refractivity contribution in [1.82, 2.24) is 10.6 Å². The average Bonchev–Trinajstić information content (AvgIpc) is 2.44. The average molecular weight is 334 g/mol. The van der Waals surface area contributed by atoms with E-state index in [4.69, 9.17) is 4.74 Å². The molecule has 24 heavy (non-hydrogen) atoms.